The molecule has 2 rings (SSSR count). The lowest BCUT2D eigenvalue weighted by Gasteiger charge is -2.16. The number of hydrogen-bond donors (Lipinski definition) is 2. The maximum atomic E-state index is 12.0. The van der Waals surface area contributed by atoms with E-state index in [0.29, 0.717) is 6.42 Å². The van der Waals surface area contributed by atoms with Gasteiger partial charge in [-0.25, -0.2) is 13.2 Å². The van der Waals surface area contributed by atoms with Gasteiger partial charge >= 0.3 is 6.03 Å². The summed E-state index contributed by atoms with van der Waals surface area (Å²) in [5.74, 6) is 0.187. The molecular weight excluding hydrogens is 276 g/mol. The molecule has 5 nitrogen and oxygen atoms in total. The zero-order valence-corrected chi connectivity index (χ0v) is 12.8. The maximum Gasteiger partial charge on any atom is 0.319 e. The molecule has 1 aromatic rings. The number of carbonyl (C=O) groups excluding carboxylic acids is 1. The number of urea groups is 1. The molecule has 2 N–H and O–H groups in total. The summed E-state index contributed by atoms with van der Waals surface area (Å²) < 4.78 is 22.7. The molecule has 1 fully saturated rings. The van der Waals surface area contributed by atoms with E-state index in [-0.39, 0.29) is 23.6 Å². The Morgan fingerprint density at radius 3 is 2.30 bits per heavy atom. The highest BCUT2D eigenvalue weighted by Crippen LogP contribution is 2.22. The fourth-order valence-corrected chi connectivity index (χ4v) is 4.29. The number of rotatable bonds is 2. The predicted octanol–water partition coefficient (Wildman–Crippen LogP) is 1.92. The van der Waals surface area contributed by atoms with Crippen LogP contribution in [-0.2, 0) is 9.84 Å². The fourth-order valence-electron chi connectivity index (χ4n) is 2.62. The number of nitrogens with one attached hydrogen (secondary N) is 2. The SMILES string of the molecule is Cc1cc(C)c(NC(=O)NC2CCS(=O)(=O)C2)c(C)c1. The van der Waals surface area contributed by atoms with E-state index in [2.05, 4.69) is 10.6 Å². The lowest BCUT2D eigenvalue weighted by molar-refractivity contribution is 0.249. The normalized spacial score (nSPS) is 20.6. The highest BCUT2D eigenvalue weighted by Gasteiger charge is 2.29. The van der Waals surface area contributed by atoms with Gasteiger partial charge in [-0.05, 0) is 38.3 Å². The van der Waals surface area contributed by atoms with E-state index in [0.717, 1.165) is 22.4 Å². The van der Waals surface area contributed by atoms with Crippen LogP contribution in [0.3, 0.4) is 0 Å². The van der Waals surface area contributed by atoms with Gasteiger partial charge in [-0.1, -0.05) is 17.7 Å². The van der Waals surface area contributed by atoms with Crippen molar-refractivity contribution in [1.29, 1.82) is 0 Å². The second kappa shape index (κ2) is 5.44. The van der Waals surface area contributed by atoms with Crippen molar-refractivity contribution in [2.45, 2.75) is 33.2 Å². The molecular formula is C14H20N2O3S. The number of amides is 2. The lowest BCUT2D eigenvalue weighted by atomic mass is 10.1. The summed E-state index contributed by atoms with van der Waals surface area (Å²) in [6.07, 6.45) is 0.488. The first-order chi connectivity index (χ1) is 9.27. The molecule has 0 aliphatic carbocycles. The van der Waals surface area contributed by atoms with Gasteiger partial charge in [0.05, 0.1) is 11.5 Å². The average molecular weight is 296 g/mol. The van der Waals surface area contributed by atoms with Gasteiger partial charge in [-0.15, -0.1) is 0 Å². The molecule has 1 aliphatic rings. The van der Waals surface area contributed by atoms with Gasteiger partial charge in [0.15, 0.2) is 9.84 Å². The van der Waals surface area contributed by atoms with Crippen LogP contribution in [-0.4, -0.2) is 32.0 Å². The van der Waals surface area contributed by atoms with E-state index in [4.69, 9.17) is 0 Å². The molecule has 1 heterocycles. The van der Waals surface area contributed by atoms with Crippen LogP contribution in [0.1, 0.15) is 23.1 Å². The number of carbonyl (C=O) groups is 1. The van der Waals surface area contributed by atoms with Gasteiger partial charge in [0.25, 0.3) is 0 Å². The minimum Gasteiger partial charge on any atom is -0.334 e. The van der Waals surface area contributed by atoms with Crippen LogP contribution in [0, 0.1) is 20.8 Å². The van der Waals surface area contributed by atoms with Crippen molar-refractivity contribution in [2.24, 2.45) is 0 Å². The first kappa shape index (κ1) is 14.8. The Bertz CT molecular complexity index is 615. The van der Waals surface area contributed by atoms with Crippen LogP contribution in [0.15, 0.2) is 12.1 Å². The van der Waals surface area contributed by atoms with Crippen LogP contribution >= 0.6 is 0 Å². The molecule has 110 valence electrons. The van der Waals surface area contributed by atoms with Gasteiger partial charge in [-0.3, -0.25) is 0 Å². The van der Waals surface area contributed by atoms with E-state index in [1.807, 2.05) is 32.9 Å². The van der Waals surface area contributed by atoms with Gasteiger partial charge in [0, 0.05) is 11.7 Å². The second-order valence-corrected chi connectivity index (χ2v) is 7.70. The maximum absolute atomic E-state index is 12.0. The minimum atomic E-state index is -2.98. The Kier molecular flexibility index (Phi) is 4.04. The smallest absolute Gasteiger partial charge is 0.319 e. The van der Waals surface area contributed by atoms with E-state index in [1.165, 1.54) is 0 Å². The first-order valence-electron chi connectivity index (χ1n) is 6.62. The Hall–Kier alpha value is -1.56. The summed E-state index contributed by atoms with van der Waals surface area (Å²) in [7, 11) is -2.98. The van der Waals surface area contributed by atoms with Gasteiger partial charge < -0.3 is 10.6 Å². The Labute approximate surface area is 119 Å². The zero-order valence-electron chi connectivity index (χ0n) is 12.0. The standard InChI is InChI=1S/C14H20N2O3S/c1-9-6-10(2)13(11(3)7-9)16-14(17)15-12-4-5-20(18,19)8-12/h6-7,12H,4-5,8H2,1-3H3,(H2,15,16,17). The molecule has 1 unspecified atom stereocenters. The van der Waals surface area contributed by atoms with Crippen molar-refractivity contribution in [2.75, 3.05) is 16.8 Å². The number of benzene rings is 1. The summed E-state index contributed by atoms with van der Waals surface area (Å²) in [6.45, 7) is 5.89. The van der Waals surface area contributed by atoms with Crippen molar-refractivity contribution >= 4 is 21.6 Å². The minimum absolute atomic E-state index is 0.0340. The predicted molar refractivity (Wildman–Crippen MR) is 79.9 cm³/mol. The molecule has 0 spiro atoms. The molecule has 0 bridgehead atoms. The first-order valence-corrected chi connectivity index (χ1v) is 8.45. The van der Waals surface area contributed by atoms with Crippen LogP contribution in [0.4, 0.5) is 10.5 Å². The van der Waals surface area contributed by atoms with Gasteiger partial charge in [-0.2, -0.15) is 0 Å². The molecule has 1 aliphatic heterocycles. The third kappa shape index (κ3) is 3.50. The van der Waals surface area contributed by atoms with Crippen molar-refractivity contribution in [3.63, 3.8) is 0 Å². The van der Waals surface area contributed by atoms with Crippen molar-refractivity contribution in [3.05, 3.63) is 28.8 Å². The highest BCUT2D eigenvalue weighted by atomic mass is 32.2. The monoisotopic (exact) mass is 296 g/mol. The van der Waals surface area contributed by atoms with E-state index < -0.39 is 9.84 Å². The lowest BCUT2D eigenvalue weighted by Crippen LogP contribution is -2.38. The van der Waals surface area contributed by atoms with Gasteiger partial charge in [0.1, 0.15) is 0 Å². The third-order valence-electron chi connectivity index (χ3n) is 3.48. The molecule has 0 aromatic heterocycles. The summed E-state index contributed by atoms with van der Waals surface area (Å²) in [4.78, 5) is 12.0. The largest absolute Gasteiger partial charge is 0.334 e. The third-order valence-corrected chi connectivity index (χ3v) is 5.25. The summed E-state index contributed by atoms with van der Waals surface area (Å²) in [6, 6.07) is 3.37. The number of aryl methyl sites for hydroxylation is 3. The summed E-state index contributed by atoms with van der Waals surface area (Å²) in [5.41, 5.74) is 3.93. The van der Waals surface area contributed by atoms with Crippen LogP contribution in [0.25, 0.3) is 0 Å². The van der Waals surface area contributed by atoms with E-state index in [1.54, 1.807) is 0 Å². The molecule has 1 atom stereocenters. The van der Waals surface area contributed by atoms with Crippen LogP contribution < -0.4 is 10.6 Å². The molecule has 6 heteroatoms. The molecule has 0 radical (unpaired) electrons. The summed E-state index contributed by atoms with van der Waals surface area (Å²) >= 11 is 0. The molecule has 2 amide bonds. The van der Waals surface area contributed by atoms with Crippen molar-refractivity contribution in [1.82, 2.24) is 5.32 Å². The Morgan fingerprint density at radius 2 is 1.80 bits per heavy atom. The molecule has 1 saturated heterocycles. The average Bonchev–Trinajstić information content (AvgIpc) is 2.63. The summed E-state index contributed by atoms with van der Waals surface area (Å²) in [5, 5.41) is 5.54. The fraction of sp³-hybridized carbons (Fsp3) is 0.500. The zero-order chi connectivity index (χ0) is 14.9. The Morgan fingerprint density at radius 1 is 1.20 bits per heavy atom. The van der Waals surface area contributed by atoms with Crippen LogP contribution in [0.2, 0.25) is 0 Å². The van der Waals surface area contributed by atoms with Crippen LogP contribution in [0.5, 0.6) is 0 Å². The van der Waals surface area contributed by atoms with Gasteiger partial charge in [0.2, 0.25) is 0 Å². The molecule has 0 saturated carbocycles. The quantitative estimate of drug-likeness (QED) is 0.875. The number of anilines is 1. The topological polar surface area (TPSA) is 75.3 Å². The van der Waals surface area contributed by atoms with Crippen molar-refractivity contribution in [3.8, 4) is 0 Å². The second-order valence-electron chi connectivity index (χ2n) is 5.47. The van der Waals surface area contributed by atoms with E-state index >= 15 is 0 Å². The molecule has 1 aromatic carbocycles. The number of hydrogen-bond acceptors (Lipinski definition) is 3. The van der Waals surface area contributed by atoms with E-state index in [9.17, 15) is 13.2 Å². The highest BCUT2D eigenvalue weighted by molar-refractivity contribution is 7.91. The number of sulfone groups is 1. The Balaban J connectivity index is 2.02. The molecule has 20 heavy (non-hydrogen) atoms. The van der Waals surface area contributed by atoms with Crippen molar-refractivity contribution < 1.29 is 13.2 Å².